The second-order valence-corrected chi connectivity index (χ2v) is 4.53. The molecule has 6 heteroatoms. The average molecular weight is 282 g/mol. The van der Waals surface area contributed by atoms with Crippen molar-refractivity contribution in [2.75, 3.05) is 5.73 Å². The van der Waals surface area contributed by atoms with Gasteiger partial charge in [0.05, 0.1) is 10.2 Å². The zero-order chi connectivity index (χ0) is 11.7. The number of nitrogen functional groups attached to an aromatic ring is 1. The minimum atomic E-state index is 0.301. The van der Waals surface area contributed by atoms with Crippen LogP contribution in [0.15, 0.2) is 22.8 Å². The lowest BCUT2D eigenvalue weighted by molar-refractivity contribution is 0.750. The first-order valence-electron chi connectivity index (χ1n) is 4.93. The molecular formula is C10H12BrN5. The third kappa shape index (κ3) is 1.80. The third-order valence-corrected chi connectivity index (χ3v) is 3.02. The van der Waals surface area contributed by atoms with Crippen molar-refractivity contribution in [1.29, 1.82) is 0 Å². The molecule has 0 radical (unpaired) electrons. The molecule has 16 heavy (non-hydrogen) atoms. The van der Waals surface area contributed by atoms with Gasteiger partial charge in [0.25, 0.3) is 0 Å². The van der Waals surface area contributed by atoms with Gasteiger partial charge in [0.2, 0.25) is 0 Å². The van der Waals surface area contributed by atoms with E-state index >= 15 is 0 Å². The van der Waals surface area contributed by atoms with Gasteiger partial charge in [0.1, 0.15) is 5.82 Å². The van der Waals surface area contributed by atoms with Crippen molar-refractivity contribution in [3.8, 4) is 5.82 Å². The predicted octanol–water partition coefficient (Wildman–Crippen LogP) is 2.13. The number of hydrogen-bond acceptors (Lipinski definition) is 4. The Morgan fingerprint density at radius 2 is 2.19 bits per heavy atom. The van der Waals surface area contributed by atoms with E-state index in [1.807, 2.05) is 6.07 Å². The largest absolute Gasteiger partial charge is 0.383 e. The molecule has 0 aliphatic rings. The van der Waals surface area contributed by atoms with Gasteiger partial charge in [-0.3, -0.25) is 0 Å². The number of hydrogen-bond donors (Lipinski definition) is 1. The van der Waals surface area contributed by atoms with Crippen LogP contribution in [-0.2, 0) is 0 Å². The van der Waals surface area contributed by atoms with Gasteiger partial charge in [-0.2, -0.15) is 14.9 Å². The summed E-state index contributed by atoms with van der Waals surface area (Å²) < 4.78 is 2.42. The molecule has 0 spiro atoms. The van der Waals surface area contributed by atoms with E-state index in [2.05, 4.69) is 45.1 Å². The maximum Gasteiger partial charge on any atom is 0.178 e. The molecule has 84 valence electrons. The highest BCUT2D eigenvalue weighted by Crippen LogP contribution is 2.30. The molecule has 0 unspecified atom stereocenters. The lowest BCUT2D eigenvalue weighted by atomic mass is 10.1. The molecule has 0 atom stereocenters. The number of halogens is 1. The molecule has 0 saturated heterocycles. The summed E-state index contributed by atoms with van der Waals surface area (Å²) in [5.41, 5.74) is 6.88. The van der Waals surface area contributed by atoms with Crippen molar-refractivity contribution in [2.45, 2.75) is 19.8 Å². The lowest BCUT2D eigenvalue weighted by Crippen LogP contribution is -2.05. The van der Waals surface area contributed by atoms with Crippen LogP contribution in [0, 0.1) is 0 Å². The van der Waals surface area contributed by atoms with E-state index in [1.165, 1.54) is 0 Å². The van der Waals surface area contributed by atoms with Gasteiger partial charge in [-0.1, -0.05) is 13.8 Å². The summed E-state index contributed by atoms with van der Waals surface area (Å²) in [5.74, 6) is 1.46. The predicted molar refractivity (Wildman–Crippen MR) is 65.4 cm³/mol. The number of nitrogens with zero attached hydrogens (tertiary/aromatic N) is 4. The van der Waals surface area contributed by atoms with Crippen LogP contribution in [0.5, 0.6) is 0 Å². The molecule has 2 N–H and O–H groups in total. The Labute approximate surface area is 102 Å². The molecular weight excluding hydrogens is 270 g/mol. The van der Waals surface area contributed by atoms with E-state index in [1.54, 1.807) is 16.9 Å². The highest BCUT2D eigenvalue weighted by atomic mass is 79.9. The Kier molecular flexibility index (Phi) is 2.91. The molecule has 0 aliphatic heterocycles. The Morgan fingerprint density at radius 3 is 2.69 bits per heavy atom. The van der Waals surface area contributed by atoms with Crippen molar-refractivity contribution >= 4 is 21.7 Å². The smallest absolute Gasteiger partial charge is 0.178 e. The van der Waals surface area contributed by atoms with E-state index in [4.69, 9.17) is 5.73 Å². The summed E-state index contributed by atoms with van der Waals surface area (Å²) >= 11 is 3.44. The summed E-state index contributed by atoms with van der Waals surface area (Å²) in [6.07, 6.45) is 1.61. The van der Waals surface area contributed by atoms with Crippen LogP contribution < -0.4 is 5.73 Å². The van der Waals surface area contributed by atoms with Gasteiger partial charge in [-0.25, -0.2) is 0 Å². The van der Waals surface area contributed by atoms with Gasteiger partial charge in [-0.15, -0.1) is 5.10 Å². The normalized spacial score (nSPS) is 11.0. The second-order valence-electron chi connectivity index (χ2n) is 3.73. The first kappa shape index (κ1) is 11.1. The highest BCUT2D eigenvalue weighted by Gasteiger charge is 2.17. The van der Waals surface area contributed by atoms with Crippen LogP contribution in [0.2, 0.25) is 0 Å². The summed E-state index contributed by atoms with van der Waals surface area (Å²) in [4.78, 5) is 0. The molecule has 0 aliphatic carbocycles. The molecule has 0 fully saturated rings. The van der Waals surface area contributed by atoms with Crippen LogP contribution >= 0.6 is 15.9 Å². The summed E-state index contributed by atoms with van der Waals surface area (Å²) in [7, 11) is 0. The van der Waals surface area contributed by atoms with Gasteiger partial charge >= 0.3 is 0 Å². The molecule has 0 saturated carbocycles. The van der Waals surface area contributed by atoms with E-state index in [-0.39, 0.29) is 0 Å². The van der Waals surface area contributed by atoms with E-state index in [0.717, 1.165) is 10.2 Å². The maximum atomic E-state index is 5.96. The molecule has 0 aromatic carbocycles. The first-order valence-corrected chi connectivity index (χ1v) is 5.72. The number of aromatic nitrogens is 4. The monoisotopic (exact) mass is 281 g/mol. The van der Waals surface area contributed by atoms with E-state index in [0.29, 0.717) is 17.6 Å². The third-order valence-electron chi connectivity index (χ3n) is 2.21. The van der Waals surface area contributed by atoms with Crippen LogP contribution in [0.1, 0.15) is 25.5 Å². The minimum Gasteiger partial charge on any atom is -0.383 e. The lowest BCUT2D eigenvalue weighted by Gasteiger charge is -2.00. The van der Waals surface area contributed by atoms with Crippen molar-refractivity contribution in [3.63, 3.8) is 0 Å². The van der Waals surface area contributed by atoms with Gasteiger partial charge in [-0.05, 0) is 34.0 Å². The standard InChI is InChI=1S/C10H12BrN5/c1-6(2)9-8(11)10(12)16(15-9)7-4-3-5-13-14-7/h3-6H,12H2,1-2H3. The summed E-state index contributed by atoms with van der Waals surface area (Å²) in [6, 6.07) is 3.61. The van der Waals surface area contributed by atoms with Gasteiger partial charge in [0, 0.05) is 6.20 Å². The molecule has 5 nitrogen and oxygen atoms in total. The van der Waals surface area contributed by atoms with Gasteiger partial charge in [0.15, 0.2) is 5.82 Å². The molecule has 2 rings (SSSR count). The number of rotatable bonds is 2. The Balaban J connectivity index is 2.55. The minimum absolute atomic E-state index is 0.301. The topological polar surface area (TPSA) is 69.6 Å². The van der Waals surface area contributed by atoms with Crippen molar-refractivity contribution in [3.05, 3.63) is 28.5 Å². The van der Waals surface area contributed by atoms with Crippen molar-refractivity contribution in [1.82, 2.24) is 20.0 Å². The van der Waals surface area contributed by atoms with Crippen molar-refractivity contribution in [2.24, 2.45) is 0 Å². The average Bonchev–Trinajstić information content (AvgIpc) is 2.58. The molecule has 2 aromatic heterocycles. The quantitative estimate of drug-likeness (QED) is 0.916. The Morgan fingerprint density at radius 1 is 1.44 bits per heavy atom. The number of anilines is 1. The SMILES string of the molecule is CC(C)c1nn(-c2cccnn2)c(N)c1Br. The number of nitrogens with two attached hydrogens (primary N) is 1. The first-order chi connectivity index (χ1) is 7.61. The fourth-order valence-corrected chi connectivity index (χ4v) is 2.08. The Hall–Kier alpha value is -1.43. The Bertz CT molecular complexity index is 491. The molecule has 2 aromatic rings. The molecule has 2 heterocycles. The summed E-state index contributed by atoms with van der Waals surface area (Å²) in [6.45, 7) is 4.13. The van der Waals surface area contributed by atoms with E-state index in [9.17, 15) is 0 Å². The molecule has 0 bridgehead atoms. The second kappa shape index (κ2) is 4.21. The van der Waals surface area contributed by atoms with Crippen LogP contribution in [-0.4, -0.2) is 20.0 Å². The molecule has 0 amide bonds. The summed E-state index contributed by atoms with van der Waals surface area (Å²) in [5, 5.41) is 12.2. The fourth-order valence-electron chi connectivity index (χ4n) is 1.38. The fraction of sp³-hybridized carbons (Fsp3) is 0.300. The highest BCUT2D eigenvalue weighted by molar-refractivity contribution is 9.10. The van der Waals surface area contributed by atoms with Crippen molar-refractivity contribution < 1.29 is 0 Å². The van der Waals surface area contributed by atoms with Crippen LogP contribution in [0.3, 0.4) is 0 Å². The zero-order valence-electron chi connectivity index (χ0n) is 9.05. The van der Waals surface area contributed by atoms with E-state index < -0.39 is 0 Å². The van der Waals surface area contributed by atoms with Crippen LogP contribution in [0.4, 0.5) is 5.82 Å². The van der Waals surface area contributed by atoms with Gasteiger partial charge < -0.3 is 5.73 Å². The zero-order valence-corrected chi connectivity index (χ0v) is 10.6. The van der Waals surface area contributed by atoms with Crippen LogP contribution in [0.25, 0.3) is 5.82 Å². The maximum absolute atomic E-state index is 5.96.